The second-order valence-electron chi connectivity index (χ2n) is 29.0. The van der Waals surface area contributed by atoms with Gasteiger partial charge in [-0.1, -0.05) is 110 Å². The number of amides is 5. The van der Waals surface area contributed by atoms with Gasteiger partial charge in [-0.25, -0.2) is 23.6 Å². The minimum absolute atomic E-state index is 0. The number of ether oxygens (including phenoxy) is 1. The van der Waals surface area contributed by atoms with Gasteiger partial charge in [-0.2, -0.15) is 43.8 Å². The lowest BCUT2D eigenvalue weighted by Crippen LogP contribution is -2.64. The Bertz CT molecular complexity index is 4930. The Hall–Kier alpha value is -12.5. The van der Waals surface area contributed by atoms with Gasteiger partial charge in [-0.3, -0.25) is 38.0 Å². The van der Waals surface area contributed by atoms with Gasteiger partial charge < -0.3 is 59.4 Å². The third-order valence-corrected chi connectivity index (χ3v) is 19.6. The maximum absolute atomic E-state index is 12.3. The molecule has 0 bridgehead atoms. The fourth-order valence-electron chi connectivity index (χ4n) is 14.6. The highest BCUT2D eigenvalue weighted by molar-refractivity contribution is 6.05. The predicted molar refractivity (Wildman–Crippen MR) is 399 cm³/mol. The fraction of sp³-hybridized carbons (Fsp3) is 0.382. The lowest BCUT2D eigenvalue weighted by atomic mass is 9.60. The number of anilines is 3. The van der Waals surface area contributed by atoms with E-state index >= 15 is 0 Å². The smallest absolute Gasteiger partial charge is 0.446 e. The number of hydrogen-bond acceptors (Lipinski definition) is 18. The average Bonchev–Trinajstić information content (AvgIpc) is 1.71. The molecular formula is C76H88F3N21O9. The van der Waals surface area contributed by atoms with E-state index in [-0.39, 0.29) is 76.7 Å². The molecule has 33 heteroatoms. The van der Waals surface area contributed by atoms with Crippen LogP contribution in [-0.2, 0) is 38.8 Å². The maximum Gasteiger partial charge on any atom is 0.446 e. The molecule has 3 saturated heterocycles. The second-order valence-corrected chi connectivity index (χ2v) is 29.0. The van der Waals surface area contributed by atoms with E-state index in [0.717, 1.165) is 73.9 Å². The molecule has 9 aromatic rings. The van der Waals surface area contributed by atoms with Gasteiger partial charge in [0.2, 0.25) is 6.29 Å². The quantitative estimate of drug-likeness (QED) is 0.0362. The summed E-state index contributed by atoms with van der Waals surface area (Å²) in [6.07, 6.45) is 10.0. The molecule has 6 fully saturated rings. The summed E-state index contributed by atoms with van der Waals surface area (Å²) in [5.41, 5.74) is 43.6. The number of carboxylic acids is 1. The van der Waals surface area contributed by atoms with Crippen molar-refractivity contribution in [1.29, 1.82) is 0 Å². The third-order valence-electron chi connectivity index (χ3n) is 19.6. The number of aromatic nitrogens is 12. The summed E-state index contributed by atoms with van der Waals surface area (Å²) in [4.78, 5) is 82.4. The number of aldehydes is 1. The highest BCUT2D eigenvalue weighted by Gasteiger charge is 2.57. The van der Waals surface area contributed by atoms with Crippen molar-refractivity contribution in [3.05, 3.63) is 162 Å². The van der Waals surface area contributed by atoms with Crippen molar-refractivity contribution >= 4 is 59.4 Å². The van der Waals surface area contributed by atoms with Gasteiger partial charge in [-0.05, 0) is 101 Å². The lowest BCUT2D eigenvalue weighted by molar-refractivity contribution is -0.156. The van der Waals surface area contributed by atoms with Crippen LogP contribution >= 0.6 is 0 Å². The number of carbonyl (C=O) groups is 7. The number of aliphatic carboxylic acids is 1. The van der Waals surface area contributed by atoms with Gasteiger partial charge in [-0.15, -0.1) is 0 Å². The van der Waals surface area contributed by atoms with E-state index in [1.807, 2.05) is 141 Å². The van der Waals surface area contributed by atoms with Crippen LogP contribution in [-0.4, -0.2) is 167 Å². The molecule has 572 valence electrons. The molecule has 3 aliphatic heterocycles. The molecule has 3 spiro atoms. The number of carbonyl (C=O) groups excluding carboxylic acids is 6. The Labute approximate surface area is 626 Å². The molecule has 3 aromatic carbocycles. The molecule has 109 heavy (non-hydrogen) atoms. The molecule has 3 aliphatic carbocycles. The monoisotopic (exact) mass is 1500 g/mol. The number of carboxylic acid groups (broad SMARTS) is 1. The molecule has 30 nitrogen and oxygen atoms in total. The summed E-state index contributed by atoms with van der Waals surface area (Å²) < 4.78 is 47.3. The maximum atomic E-state index is 12.3. The number of nitrogens with zero attached hydrogens (tertiary/aromatic N) is 14. The first-order valence-electron chi connectivity index (χ1n) is 34.6. The molecule has 6 aliphatic rings. The molecular weight excluding hydrogens is 1410 g/mol. The summed E-state index contributed by atoms with van der Waals surface area (Å²) in [7, 11) is 0. The van der Waals surface area contributed by atoms with Crippen LogP contribution in [0.5, 0.6) is 0 Å². The number of nitrogen functional groups attached to an aromatic ring is 3. The van der Waals surface area contributed by atoms with Crippen LogP contribution in [0.15, 0.2) is 128 Å². The number of likely N-dealkylation sites (tertiary alicyclic amines) is 2. The zero-order chi connectivity index (χ0) is 77.6. The average molecular weight is 1500 g/mol. The molecule has 14 N–H and O–H groups in total. The van der Waals surface area contributed by atoms with Crippen LogP contribution in [0, 0.1) is 39.9 Å². The number of alkyl halides is 3. The Morgan fingerprint density at radius 3 is 1.11 bits per heavy atom. The molecule has 0 radical (unpaired) electrons. The number of primary amides is 3. The number of nitrogens with one attached hydrogen (secondary N) is 1. The normalized spacial score (nSPS) is 16.6. The number of benzene rings is 3. The van der Waals surface area contributed by atoms with Gasteiger partial charge >= 0.3 is 18.2 Å². The molecule has 3 saturated carbocycles. The highest BCUT2D eigenvalue weighted by atomic mass is 19.4. The summed E-state index contributed by atoms with van der Waals surface area (Å²) in [5.74, 6) is 7.23. The topological polar surface area (TPSA) is 430 Å². The molecule has 15 rings (SSSR count). The Kier molecular flexibility index (Phi) is 23.4. The van der Waals surface area contributed by atoms with Crippen molar-refractivity contribution in [3.63, 3.8) is 0 Å². The van der Waals surface area contributed by atoms with Gasteiger partial charge in [0.25, 0.3) is 23.6 Å². The van der Waals surface area contributed by atoms with Gasteiger partial charge in [0, 0.05) is 91.3 Å². The van der Waals surface area contributed by atoms with Crippen molar-refractivity contribution in [1.82, 2.24) is 73.8 Å². The van der Waals surface area contributed by atoms with E-state index in [1.54, 1.807) is 58.7 Å². The second kappa shape index (κ2) is 32.3. The fourth-order valence-corrected chi connectivity index (χ4v) is 14.6. The summed E-state index contributed by atoms with van der Waals surface area (Å²) in [6.45, 7) is 15.4. The van der Waals surface area contributed by atoms with E-state index < -0.39 is 41.8 Å². The van der Waals surface area contributed by atoms with Crippen molar-refractivity contribution in [2.45, 2.75) is 130 Å². The SMILES string of the molecule is C.CC#CC(=O)N1CC2(CC(n3nc(-c4cnn(Cc5ccccc5)c4)c(C(N)=O)c3N)C2)C1.CC#CC(=O)O.CC(C)(C)OC(=O)N1CC2(CC(n3nc(-c4cnn(Cc5ccccc5)c4)c(C(N)=O)c3N)C2)C1.NC(=O)c1c(-c2cnn(Cc3ccccc3)c2)nn(C2CC3(CNC3)C2)c1N.O=CC(F)(F)F. The van der Waals surface area contributed by atoms with Gasteiger partial charge in [0.1, 0.15) is 56.8 Å². The van der Waals surface area contributed by atoms with Crippen molar-refractivity contribution in [2.24, 2.45) is 33.4 Å². The van der Waals surface area contributed by atoms with E-state index in [0.29, 0.717) is 85.3 Å². The van der Waals surface area contributed by atoms with Gasteiger partial charge in [0.15, 0.2) is 0 Å². The molecule has 0 atom stereocenters. The van der Waals surface area contributed by atoms with Crippen LogP contribution in [0.1, 0.15) is 146 Å². The van der Waals surface area contributed by atoms with Crippen LogP contribution < -0.4 is 39.7 Å². The Morgan fingerprint density at radius 1 is 0.541 bits per heavy atom. The first-order valence-corrected chi connectivity index (χ1v) is 34.6. The first kappa shape index (κ1) is 79.1. The summed E-state index contributed by atoms with van der Waals surface area (Å²) in [6, 6.07) is 30.4. The molecule has 6 aromatic heterocycles. The number of nitrogens with two attached hydrogens (primary N) is 6. The number of rotatable bonds is 15. The third kappa shape index (κ3) is 18.1. The van der Waals surface area contributed by atoms with E-state index in [9.17, 15) is 41.9 Å². The highest BCUT2D eigenvalue weighted by Crippen LogP contribution is 2.57. The van der Waals surface area contributed by atoms with Crippen LogP contribution in [0.25, 0.3) is 33.8 Å². The molecule has 0 unspecified atom stereocenters. The predicted octanol–water partition coefficient (Wildman–Crippen LogP) is 7.59. The van der Waals surface area contributed by atoms with E-state index in [4.69, 9.17) is 54.1 Å². The minimum atomic E-state index is -4.64. The summed E-state index contributed by atoms with van der Waals surface area (Å²) >= 11 is 0. The first-order chi connectivity index (χ1) is 51.3. The van der Waals surface area contributed by atoms with E-state index in [1.165, 1.54) is 6.92 Å². The van der Waals surface area contributed by atoms with Crippen molar-refractivity contribution < 1.29 is 56.6 Å². The van der Waals surface area contributed by atoms with Crippen LogP contribution in [0.3, 0.4) is 0 Å². The lowest BCUT2D eigenvalue weighted by Gasteiger charge is -2.58. The van der Waals surface area contributed by atoms with Crippen molar-refractivity contribution in [3.8, 4) is 57.5 Å². The van der Waals surface area contributed by atoms with Crippen LogP contribution in [0.4, 0.5) is 35.4 Å². The Balaban J connectivity index is 0.000000162. The van der Waals surface area contributed by atoms with Gasteiger partial charge in [0.05, 0.1) is 56.4 Å². The number of hydrogen-bond donors (Lipinski definition) is 8. The number of halogens is 3. The zero-order valence-electron chi connectivity index (χ0n) is 60.1. The minimum Gasteiger partial charge on any atom is -0.472 e. The molecule has 9 heterocycles. The largest absolute Gasteiger partial charge is 0.472 e. The summed E-state index contributed by atoms with van der Waals surface area (Å²) in [5, 5.41) is 38.4. The zero-order valence-corrected chi connectivity index (χ0v) is 60.1. The van der Waals surface area contributed by atoms with Crippen LogP contribution in [0.2, 0.25) is 0 Å². The van der Waals surface area contributed by atoms with Crippen molar-refractivity contribution in [2.75, 3.05) is 56.5 Å². The Morgan fingerprint density at radius 2 is 0.853 bits per heavy atom. The van der Waals surface area contributed by atoms with E-state index in [2.05, 4.69) is 48.6 Å². The molecule has 5 amide bonds. The standard InChI is InChI=1S/C25H31N7O3.C24H25N7O2.C20H23N7O.C4H4O2.C2HF3O.CH4/c1-24(2,3)35-23(34)30-14-25(15-30)9-18(10-25)32-21(26)19(22(27)33)20(29-32)17-11-28-31(13-17)12-16-7-5-4-6-8-16;1-2-6-19(32)29-14-24(15-29)9-18(10-24)31-22(25)20(23(26)33)21(28-31)17-11-27-30(13-17)12-16-7-4-3-5-8-16;21-18-16(19(22)28)17(25-27(18)15-6-20(7-15)11-23-12-20)14-8-24-26(10-14)9-13-4-2-1-3-5-13;1-2-3-4(5)6;3-2(4,5)1-6;/h4-8,11,13,18H,9-10,12,14-15,26H2,1-3H3,(H2,27,33);3-5,7-8,11,13,18H,9-10,12,14-15,25H2,1H3,(H2,26,33);1-5,8,10,15,23H,6-7,9,11-12,21H2,(H2,22,28);1H3,(H,5,6);1H;1H4.